The third-order valence-corrected chi connectivity index (χ3v) is 5.27. The molecule has 0 spiro atoms. The van der Waals surface area contributed by atoms with E-state index >= 15 is 0 Å². The molecule has 1 atom stereocenters. The molecule has 5 heteroatoms. The Labute approximate surface area is 154 Å². The van der Waals surface area contributed by atoms with Gasteiger partial charge >= 0.3 is 0 Å². The number of hydrogen-bond donors (Lipinski definition) is 0. The molecule has 3 heterocycles. The van der Waals surface area contributed by atoms with Crippen molar-refractivity contribution in [2.75, 3.05) is 37.7 Å². The van der Waals surface area contributed by atoms with E-state index in [0.717, 1.165) is 63.5 Å². The molecule has 2 aliphatic rings. The molecule has 0 bridgehead atoms. The number of piperidine rings is 1. The summed E-state index contributed by atoms with van der Waals surface area (Å²) in [5.74, 6) is 1.13. The molecule has 2 fully saturated rings. The molecule has 0 unspecified atom stereocenters. The standard InChI is InChI=1S/C21H25N3O2/c25-21(17-7-2-1-3-8-17)24-12-5-4-10-19(24)18-9-6-11-22-20(18)23-13-15-26-16-14-23/h1-3,6-9,11,19H,4-5,10,12-16H2/t19-/m0/s1. The van der Waals surface area contributed by atoms with E-state index in [1.165, 1.54) is 5.56 Å². The van der Waals surface area contributed by atoms with Crippen LogP contribution in [0.5, 0.6) is 0 Å². The summed E-state index contributed by atoms with van der Waals surface area (Å²) in [6.07, 6.45) is 5.03. The van der Waals surface area contributed by atoms with Gasteiger partial charge in [0.1, 0.15) is 5.82 Å². The van der Waals surface area contributed by atoms with Crippen LogP contribution in [0.4, 0.5) is 5.82 Å². The van der Waals surface area contributed by atoms with Crippen molar-refractivity contribution >= 4 is 11.7 Å². The van der Waals surface area contributed by atoms with E-state index in [-0.39, 0.29) is 11.9 Å². The fraction of sp³-hybridized carbons (Fsp3) is 0.429. The number of aromatic nitrogens is 1. The van der Waals surface area contributed by atoms with Crippen LogP contribution in [-0.4, -0.2) is 48.6 Å². The molecule has 2 saturated heterocycles. The van der Waals surface area contributed by atoms with Crippen molar-refractivity contribution in [1.29, 1.82) is 0 Å². The Morgan fingerprint density at radius 1 is 1.00 bits per heavy atom. The van der Waals surface area contributed by atoms with Gasteiger partial charge in [0.05, 0.1) is 19.3 Å². The lowest BCUT2D eigenvalue weighted by Gasteiger charge is -2.38. The van der Waals surface area contributed by atoms with Crippen LogP contribution >= 0.6 is 0 Å². The van der Waals surface area contributed by atoms with Gasteiger partial charge in [-0.1, -0.05) is 24.3 Å². The summed E-state index contributed by atoms with van der Waals surface area (Å²) in [7, 11) is 0. The lowest BCUT2D eigenvalue weighted by Crippen LogP contribution is -2.41. The summed E-state index contributed by atoms with van der Waals surface area (Å²) >= 11 is 0. The molecule has 2 aliphatic heterocycles. The zero-order valence-corrected chi connectivity index (χ0v) is 15.0. The minimum atomic E-state index is 0.0861. The third kappa shape index (κ3) is 3.44. The topological polar surface area (TPSA) is 45.7 Å². The summed E-state index contributed by atoms with van der Waals surface area (Å²) in [6.45, 7) is 3.96. The Bertz CT molecular complexity index is 744. The zero-order valence-electron chi connectivity index (χ0n) is 15.0. The first kappa shape index (κ1) is 17.0. The number of amides is 1. The van der Waals surface area contributed by atoms with Gasteiger partial charge in [0.25, 0.3) is 5.91 Å². The molecular weight excluding hydrogens is 326 g/mol. The number of anilines is 1. The van der Waals surface area contributed by atoms with Crippen LogP contribution < -0.4 is 4.90 Å². The van der Waals surface area contributed by atoms with Crippen molar-refractivity contribution in [3.05, 3.63) is 59.8 Å². The number of likely N-dealkylation sites (tertiary alicyclic amines) is 1. The summed E-state index contributed by atoms with van der Waals surface area (Å²) in [5.41, 5.74) is 1.93. The number of ether oxygens (including phenoxy) is 1. The van der Waals surface area contributed by atoms with E-state index in [0.29, 0.717) is 0 Å². The molecule has 26 heavy (non-hydrogen) atoms. The highest BCUT2D eigenvalue weighted by Crippen LogP contribution is 2.36. The second kappa shape index (κ2) is 7.87. The van der Waals surface area contributed by atoms with Gasteiger partial charge in [-0.15, -0.1) is 0 Å². The molecule has 5 nitrogen and oxygen atoms in total. The minimum absolute atomic E-state index is 0.0861. The fourth-order valence-corrected chi connectivity index (χ4v) is 3.95. The van der Waals surface area contributed by atoms with E-state index in [9.17, 15) is 4.79 Å². The highest BCUT2D eigenvalue weighted by atomic mass is 16.5. The number of benzene rings is 1. The molecule has 1 amide bonds. The molecule has 0 saturated carbocycles. The van der Waals surface area contributed by atoms with Crippen LogP contribution in [0.2, 0.25) is 0 Å². The van der Waals surface area contributed by atoms with E-state index < -0.39 is 0 Å². The Hall–Kier alpha value is -2.40. The van der Waals surface area contributed by atoms with E-state index in [1.807, 2.05) is 47.5 Å². The summed E-state index contributed by atoms with van der Waals surface area (Å²) in [4.78, 5) is 22.2. The van der Waals surface area contributed by atoms with Crippen molar-refractivity contribution in [3.8, 4) is 0 Å². The molecule has 0 aliphatic carbocycles. The van der Waals surface area contributed by atoms with Gasteiger partial charge in [-0.25, -0.2) is 4.98 Å². The van der Waals surface area contributed by atoms with Crippen LogP contribution in [0, 0.1) is 0 Å². The number of carbonyl (C=O) groups excluding carboxylic acids is 1. The monoisotopic (exact) mass is 351 g/mol. The molecule has 4 rings (SSSR count). The molecule has 136 valence electrons. The van der Waals surface area contributed by atoms with Gasteiger partial charge in [0.2, 0.25) is 0 Å². The van der Waals surface area contributed by atoms with Crippen LogP contribution in [0.25, 0.3) is 0 Å². The van der Waals surface area contributed by atoms with Gasteiger partial charge in [-0.3, -0.25) is 4.79 Å². The van der Waals surface area contributed by atoms with E-state index in [1.54, 1.807) is 0 Å². The molecular formula is C21H25N3O2. The third-order valence-electron chi connectivity index (χ3n) is 5.27. The maximum absolute atomic E-state index is 13.1. The molecule has 0 radical (unpaired) electrons. The number of nitrogens with zero attached hydrogens (tertiary/aromatic N) is 3. The van der Waals surface area contributed by atoms with Gasteiger partial charge in [0.15, 0.2) is 0 Å². The highest BCUT2D eigenvalue weighted by molar-refractivity contribution is 5.94. The fourth-order valence-electron chi connectivity index (χ4n) is 3.95. The van der Waals surface area contributed by atoms with Crippen molar-refractivity contribution in [2.24, 2.45) is 0 Å². The quantitative estimate of drug-likeness (QED) is 0.851. The van der Waals surface area contributed by atoms with Crippen molar-refractivity contribution in [1.82, 2.24) is 9.88 Å². The first-order valence-electron chi connectivity index (χ1n) is 9.48. The number of pyridine rings is 1. The predicted molar refractivity (Wildman–Crippen MR) is 101 cm³/mol. The molecule has 1 aromatic heterocycles. The van der Waals surface area contributed by atoms with Crippen molar-refractivity contribution in [3.63, 3.8) is 0 Å². The number of hydrogen-bond acceptors (Lipinski definition) is 4. The van der Waals surface area contributed by atoms with Crippen molar-refractivity contribution < 1.29 is 9.53 Å². The predicted octanol–water partition coefficient (Wildman–Crippen LogP) is 3.29. The SMILES string of the molecule is O=C(c1ccccc1)N1CCCC[C@H]1c1cccnc1N1CCOCC1. The van der Waals surface area contributed by atoms with Crippen LogP contribution in [-0.2, 0) is 4.74 Å². The highest BCUT2D eigenvalue weighted by Gasteiger charge is 2.31. The Morgan fingerprint density at radius 3 is 2.62 bits per heavy atom. The summed E-state index contributed by atoms with van der Waals surface area (Å²) < 4.78 is 5.49. The smallest absolute Gasteiger partial charge is 0.254 e. The molecule has 2 aromatic rings. The summed E-state index contributed by atoms with van der Waals surface area (Å²) in [5, 5.41) is 0. The van der Waals surface area contributed by atoms with E-state index in [2.05, 4.69) is 16.0 Å². The van der Waals surface area contributed by atoms with Gasteiger partial charge in [-0.05, 0) is 37.5 Å². The molecule has 1 aromatic carbocycles. The number of carbonyl (C=O) groups is 1. The second-order valence-corrected chi connectivity index (χ2v) is 6.89. The largest absolute Gasteiger partial charge is 0.378 e. The maximum Gasteiger partial charge on any atom is 0.254 e. The number of rotatable bonds is 3. The van der Waals surface area contributed by atoms with Crippen LogP contribution in [0.15, 0.2) is 48.7 Å². The Morgan fingerprint density at radius 2 is 1.81 bits per heavy atom. The first-order chi connectivity index (χ1) is 12.8. The van der Waals surface area contributed by atoms with Crippen LogP contribution in [0.1, 0.15) is 41.2 Å². The first-order valence-corrected chi connectivity index (χ1v) is 9.48. The summed E-state index contributed by atoms with van der Waals surface area (Å²) in [6, 6.07) is 13.8. The van der Waals surface area contributed by atoms with E-state index in [4.69, 9.17) is 4.74 Å². The second-order valence-electron chi connectivity index (χ2n) is 6.89. The zero-order chi connectivity index (χ0) is 17.8. The van der Waals surface area contributed by atoms with Gasteiger partial charge in [0, 0.05) is 37.0 Å². The van der Waals surface area contributed by atoms with Gasteiger partial charge < -0.3 is 14.5 Å². The van der Waals surface area contributed by atoms with Crippen molar-refractivity contribution in [2.45, 2.75) is 25.3 Å². The maximum atomic E-state index is 13.1. The lowest BCUT2D eigenvalue weighted by molar-refractivity contribution is 0.0611. The lowest BCUT2D eigenvalue weighted by atomic mass is 9.94. The van der Waals surface area contributed by atoms with Crippen LogP contribution in [0.3, 0.4) is 0 Å². The molecule has 0 N–H and O–H groups in total. The Kier molecular flexibility index (Phi) is 5.16. The average Bonchev–Trinajstić information content (AvgIpc) is 2.74. The van der Waals surface area contributed by atoms with Gasteiger partial charge in [-0.2, -0.15) is 0 Å². The average molecular weight is 351 g/mol. The Balaban J connectivity index is 1.65. The normalized spacial score (nSPS) is 20.8. The number of morpholine rings is 1. The minimum Gasteiger partial charge on any atom is -0.378 e.